The summed E-state index contributed by atoms with van der Waals surface area (Å²) in [6.07, 6.45) is 0. The van der Waals surface area contributed by atoms with Gasteiger partial charge in [0.2, 0.25) is 11.4 Å². The highest BCUT2D eigenvalue weighted by molar-refractivity contribution is 6.21. The SMILES string of the molecule is [C-]#[N+]c1cccc2c1oc1c(N(c3ccccc3)c3cc4c(c5ccccc35)-c3c(cc(N(c5ccccc5)c5cccc6c5oc5c([N+]#[C-])cccc56)c5ccccc35)C43c4ccccc4N(c4ccccc4)c4ccccc43)cccc12. The summed E-state index contributed by atoms with van der Waals surface area (Å²) in [6, 6.07) is 97.0. The van der Waals surface area contributed by atoms with Crippen LogP contribution >= 0.6 is 0 Å². The van der Waals surface area contributed by atoms with Gasteiger partial charge in [0.15, 0.2) is 11.2 Å². The Balaban J connectivity index is 1.04. The molecule has 0 saturated heterocycles. The molecule has 0 fully saturated rings. The fourth-order valence-electron chi connectivity index (χ4n) is 14.1. The van der Waals surface area contributed by atoms with Crippen LogP contribution in [0.4, 0.5) is 62.6 Å². The Morgan fingerprint density at radius 2 is 0.667 bits per heavy atom. The van der Waals surface area contributed by atoms with E-state index in [9.17, 15) is 0 Å². The van der Waals surface area contributed by atoms with Crippen LogP contribution in [-0.4, -0.2) is 0 Å². The molecule has 390 valence electrons. The summed E-state index contributed by atoms with van der Waals surface area (Å²) < 4.78 is 13.9. The molecule has 13 aromatic carbocycles. The van der Waals surface area contributed by atoms with Gasteiger partial charge >= 0.3 is 0 Å². The van der Waals surface area contributed by atoms with Crippen LogP contribution < -0.4 is 14.7 Å². The predicted octanol–water partition coefficient (Wildman–Crippen LogP) is 22.0. The lowest BCUT2D eigenvalue weighted by molar-refractivity contribution is 0.670. The molecule has 0 atom stereocenters. The van der Waals surface area contributed by atoms with Crippen LogP contribution in [0.25, 0.3) is 86.2 Å². The van der Waals surface area contributed by atoms with Gasteiger partial charge in [-0.1, -0.05) is 200 Å². The molecule has 7 heteroatoms. The lowest BCUT2D eigenvalue weighted by Gasteiger charge is -2.45. The van der Waals surface area contributed by atoms with E-state index >= 15 is 0 Å². The highest BCUT2D eigenvalue weighted by atomic mass is 16.3. The van der Waals surface area contributed by atoms with E-state index in [4.69, 9.17) is 22.0 Å². The second kappa shape index (κ2) is 18.2. The van der Waals surface area contributed by atoms with Crippen molar-refractivity contribution in [2.45, 2.75) is 5.41 Å². The Morgan fingerprint density at radius 1 is 0.310 bits per heavy atom. The fourth-order valence-corrected chi connectivity index (χ4v) is 14.1. The molecule has 15 aromatic rings. The van der Waals surface area contributed by atoms with Gasteiger partial charge in [-0.05, 0) is 117 Å². The highest BCUT2D eigenvalue weighted by Gasteiger charge is 2.54. The first-order chi connectivity index (χ1) is 41.6. The molecule has 7 nitrogen and oxygen atoms in total. The molecule has 0 unspecified atom stereocenters. The summed E-state index contributed by atoms with van der Waals surface area (Å²) in [7, 11) is 0. The lowest BCUT2D eigenvalue weighted by atomic mass is 9.64. The maximum absolute atomic E-state index is 8.16. The third kappa shape index (κ3) is 6.49. The smallest absolute Gasteiger partial charge is 0.229 e. The molecule has 0 N–H and O–H groups in total. The topological polar surface area (TPSA) is 44.7 Å². The lowest BCUT2D eigenvalue weighted by Crippen LogP contribution is -2.36. The van der Waals surface area contributed by atoms with E-state index in [1.54, 1.807) is 0 Å². The van der Waals surface area contributed by atoms with Gasteiger partial charge in [-0.25, -0.2) is 9.69 Å². The second-order valence-corrected chi connectivity index (χ2v) is 21.6. The minimum absolute atomic E-state index is 0.476. The standard InChI is InChI=1S/C77H45N5O2/c1-78-63-40-20-34-55-57-36-22-44-67(75(57)83-73(55)63)81(49-26-8-4-9-27-49)69-46-61-71(53-32-14-12-30-51(53)69)72-54-33-15-13-31-52(54)70(82(50-28-10-5-11-29-50)68-45-23-37-58-56-35-21-41-64(79-2)74(56)84-76(58)68)47-62(72)77(61)59-38-16-18-42-65(59)80(48-24-6-3-7-25-48)66-43-19-17-39-60(66)77/h3-47H. The summed E-state index contributed by atoms with van der Waals surface area (Å²) in [5.41, 5.74) is 18.3. The first-order valence-electron chi connectivity index (χ1n) is 28.1. The van der Waals surface area contributed by atoms with Crippen molar-refractivity contribution in [3.05, 3.63) is 318 Å². The zero-order valence-electron chi connectivity index (χ0n) is 45.0. The van der Waals surface area contributed by atoms with Gasteiger partial charge in [0.05, 0.1) is 52.7 Å². The van der Waals surface area contributed by atoms with Crippen molar-refractivity contribution < 1.29 is 8.83 Å². The summed E-state index contributed by atoms with van der Waals surface area (Å²) in [5, 5.41) is 8.02. The molecule has 0 saturated carbocycles. The zero-order valence-corrected chi connectivity index (χ0v) is 45.0. The Bertz CT molecular complexity index is 5010. The van der Waals surface area contributed by atoms with Crippen molar-refractivity contribution in [2.75, 3.05) is 14.7 Å². The molecule has 0 bridgehead atoms. The Kier molecular flexibility index (Phi) is 10.2. The van der Waals surface area contributed by atoms with E-state index < -0.39 is 5.41 Å². The summed E-state index contributed by atoms with van der Waals surface area (Å²) in [4.78, 5) is 15.0. The molecule has 2 aliphatic rings. The number of fused-ring (bicyclic) bond motifs is 19. The third-order valence-electron chi connectivity index (χ3n) is 17.4. The van der Waals surface area contributed by atoms with E-state index in [0.717, 1.165) is 117 Å². The van der Waals surface area contributed by atoms with Crippen molar-refractivity contribution in [1.29, 1.82) is 0 Å². The number of benzene rings is 13. The number of hydrogen-bond acceptors (Lipinski definition) is 5. The van der Waals surface area contributed by atoms with Crippen molar-refractivity contribution in [3.63, 3.8) is 0 Å². The minimum atomic E-state index is -0.947. The van der Waals surface area contributed by atoms with Crippen LogP contribution in [0, 0.1) is 13.1 Å². The number of hydrogen-bond donors (Lipinski definition) is 0. The van der Waals surface area contributed by atoms with E-state index in [0.29, 0.717) is 33.7 Å². The minimum Gasteiger partial charge on any atom is -0.465 e. The summed E-state index contributed by atoms with van der Waals surface area (Å²) in [6.45, 7) is 16.3. The van der Waals surface area contributed by atoms with Crippen LogP contribution in [-0.2, 0) is 5.41 Å². The maximum Gasteiger partial charge on any atom is 0.229 e. The number of para-hydroxylation sites is 9. The average molecular weight is 1070 g/mol. The number of nitrogens with zero attached hydrogens (tertiary/aromatic N) is 5. The average Bonchev–Trinajstić information content (AvgIpc) is 1.47. The second-order valence-electron chi connectivity index (χ2n) is 21.6. The normalized spacial score (nSPS) is 12.8. The largest absolute Gasteiger partial charge is 0.465 e. The molecule has 0 amide bonds. The van der Waals surface area contributed by atoms with Gasteiger partial charge in [0, 0.05) is 49.4 Å². The maximum atomic E-state index is 8.16. The molecule has 2 aromatic heterocycles. The van der Waals surface area contributed by atoms with Crippen LogP contribution in [0.1, 0.15) is 22.3 Å². The van der Waals surface area contributed by atoms with Crippen molar-refractivity contribution >= 4 is 128 Å². The number of rotatable bonds is 7. The first-order valence-corrected chi connectivity index (χ1v) is 28.1. The molecule has 84 heavy (non-hydrogen) atoms. The molecule has 1 aliphatic carbocycles. The third-order valence-corrected chi connectivity index (χ3v) is 17.4. The van der Waals surface area contributed by atoms with Gasteiger partial charge < -0.3 is 23.5 Å². The van der Waals surface area contributed by atoms with Gasteiger partial charge in [0.25, 0.3) is 0 Å². The molecular formula is C77H45N5O2. The first kappa shape index (κ1) is 47.2. The van der Waals surface area contributed by atoms with E-state index in [1.165, 1.54) is 11.1 Å². The van der Waals surface area contributed by atoms with E-state index in [1.807, 2.05) is 24.3 Å². The Hall–Kier alpha value is -11.6. The van der Waals surface area contributed by atoms with Crippen LogP contribution in [0.15, 0.2) is 282 Å². The van der Waals surface area contributed by atoms with Crippen molar-refractivity contribution in [3.8, 4) is 11.1 Å². The molecule has 1 aliphatic heterocycles. The Morgan fingerprint density at radius 3 is 1.11 bits per heavy atom. The fraction of sp³-hybridized carbons (Fsp3) is 0.0130. The van der Waals surface area contributed by atoms with Crippen LogP contribution in [0.2, 0.25) is 0 Å². The van der Waals surface area contributed by atoms with Gasteiger partial charge in [-0.15, -0.1) is 0 Å². The van der Waals surface area contributed by atoms with Crippen molar-refractivity contribution in [1.82, 2.24) is 0 Å². The van der Waals surface area contributed by atoms with E-state index in [-0.39, 0.29) is 0 Å². The van der Waals surface area contributed by atoms with Gasteiger partial charge in [0.1, 0.15) is 11.2 Å². The van der Waals surface area contributed by atoms with Crippen LogP contribution in [0.5, 0.6) is 0 Å². The molecule has 0 radical (unpaired) electrons. The number of anilines is 9. The van der Waals surface area contributed by atoms with Crippen molar-refractivity contribution in [2.24, 2.45) is 0 Å². The zero-order chi connectivity index (χ0) is 55.6. The molecular weight excluding hydrogens is 1030 g/mol. The monoisotopic (exact) mass is 1070 g/mol. The summed E-state index contributed by atoms with van der Waals surface area (Å²) in [5.74, 6) is 0. The van der Waals surface area contributed by atoms with E-state index in [2.05, 4.69) is 273 Å². The van der Waals surface area contributed by atoms with Crippen LogP contribution in [0.3, 0.4) is 0 Å². The number of furan rings is 2. The molecule has 1 spiro atoms. The predicted molar refractivity (Wildman–Crippen MR) is 343 cm³/mol. The quantitative estimate of drug-likeness (QED) is 0.149. The Labute approximate surface area is 483 Å². The molecule has 3 heterocycles. The summed E-state index contributed by atoms with van der Waals surface area (Å²) >= 11 is 0. The van der Waals surface area contributed by atoms with Gasteiger partial charge in [-0.3, -0.25) is 0 Å². The van der Waals surface area contributed by atoms with Gasteiger partial charge in [-0.2, -0.15) is 0 Å². The highest BCUT2D eigenvalue weighted by Crippen LogP contribution is 2.67. The molecule has 17 rings (SSSR count).